The maximum atomic E-state index is 11.3. The van der Waals surface area contributed by atoms with Crippen LogP contribution in [-0.4, -0.2) is 37.9 Å². The lowest BCUT2D eigenvalue weighted by atomic mass is 9.80. The van der Waals surface area contributed by atoms with Crippen LogP contribution >= 0.6 is 0 Å². The molecule has 0 aliphatic carbocycles. The second-order valence-corrected chi connectivity index (χ2v) is 6.14. The van der Waals surface area contributed by atoms with E-state index in [-0.39, 0.29) is 12.3 Å². The van der Waals surface area contributed by atoms with Crippen molar-refractivity contribution < 1.29 is 19.4 Å². The molecular formula is C17H23NO4. The fourth-order valence-electron chi connectivity index (χ4n) is 3.93. The van der Waals surface area contributed by atoms with Crippen LogP contribution in [0.25, 0.3) is 0 Å². The van der Waals surface area contributed by atoms with Crippen molar-refractivity contribution >= 4 is 11.7 Å². The lowest BCUT2D eigenvalue weighted by Crippen LogP contribution is -2.44. The minimum atomic E-state index is -0.752. The van der Waals surface area contributed by atoms with Gasteiger partial charge < -0.3 is 19.5 Å². The summed E-state index contributed by atoms with van der Waals surface area (Å²) in [5.74, 6) is 0.756. The lowest BCUT2D eigenvalue weighted by Gasteiger charge is -2.45. The smallest absolute Gasteiger partial charge is 0.303 e. The number of ether oxygens (including phenoxy) is 2. The standard InChI is InChI=1S/C17H23NO4/c1-21-13-9-14-17(15(10-13)22-2)11(8-16(19)20)7-12-5-3-4-6-18(12)14/h9-12H,3-8H2,1-2H3,(H,19,20). The zero-order chi connectivity index (χ0) is 15.7. The summed E-state index contributed by atoms with van der Waals surface area (Å²) in [6, 6.07) is 4.32. The first-order chi connectivity index (χ1) is 10.6. The first kappa shape index (κ1) is 15.0. The Morgan fingerprint density at radius 1 is 1.32 bits per heavy atom. The third kappa shape index (κ3) is 2.60. The molecule has 5 heteroatoms. The van der Waals surface area contributed by atoms with Gasteiger partial charge in [-0.25, -0.2) is 0 Å². The van der Waals surface area contributed by atoms with Crippen LogP contribution in [0.1, 0.15) is 43.6 Å². The highest BCUT2D eigenvalue weighted by Crippen LogP contribution is 2.48. The number of carboxylic acid groups (broad SMARTS) is 1. The van der Waals surface area contributed by atoms with E-state index in [0.717, 1.165) is 42.1 Å². The molecule has 1 aromatic rings. The van der Waals surface area contributed by atoms with Crippen molar-refractivity contribution in [3.05, 3.63) is 17.7 Å². The normalized spacial score (nSPS) is 23.5. The lowest BCUT2D eigenvalue weighted by molar-refractivity contribution is -0.137. The van der Waals surface area contributed by atoms with Gasteiger partial charge in [0.05, 0.1) is 20.6 Å². The molecule has 2 aliphatic heterocycles. The average Bonchev–Trinajstić information content (AvgIpc) is 2.53. The number of nitrogens with zero attached hydrogens (tertiary/aromatic N) is 1. The molecule has 0 aromatic heterocycles. The third-order valence-electron chi connectivity index (χ3n) is 4.87. The Hall–Kier alpha value is -1.91. The van der Waals surface area contributed by atoms with Gasteiger partial charge in [0.25, 0.3) is 0 Å². The third-order valence-corrected chi connectivity index (χ3v) is 4.87. The van der Waals surface area contributed by atoms with Crippen molar-refractivity contribution in [3.63, 3.8) is 0 Å². The molecule has 0 bridgehead atoms. The van der Waals surface area contributed by atoms with Crippen LogP contribution < -0.4 is 14.4 Å². The van der Waals surface area contributed by atoms with Gasteiger partial charge in [0.1, 0.15) is 11.5 Å². The second-order valence-electron chi connectivity index (χ2n) is 6.14. The summed E-state index contributed by atoms with van der Waals surface area (Å²) in [5.41, 5.74) is 2.13. The van der Waals surface area contributed by atoms with E-state index in [1.54, 1.807) is 14.2 Å². The quantitative estimate of drug-likeness (QED) is 0.926. The Balaban J connectivity index is 2.10. The summed E-state index contributed by atoms with van der Waals surface area (Å²) in [7, 11) is 3.28. The molecule has 2 atom stereocenters. The van der Waals surface area contributed by atoms with Crippen LogP contribution in [0.3, 0.4) is 0 Å². The van der Waals surface area contributed by atoms with Gasteiger partial charge in [0.15, 0.2) is 0 Å². The molecule has 120 valence electrons. The Bertz CT molecular complexity index is 572. The monoisotopic (exact) mass is 305 g/mol. The Labute approximate surface area is 130 Å². The number of hydrogen-bond donors (Lipinski definition) is 1. The van der Waals surface area contributed by atoms with Crippen LogP contribution in [0.2, 0.25) is 0 Å². The molecule has 0 amide bonds. The molecule has 1 fully saturated rings. The number of hydrogen-bond acceptors (Lipinski definition) is 4. The number of piperidine rings is 1. The number of benzene rings is 1. The molecule has 2 heterocycles. The second kappa shape index (κ2) is 6.07. The highest BCUT2D eigenvalue weighted by Gasteiger charge is 2.37. The van der Waals surface area contributed by atoms with E-state index < -0.39 is 5.97 Å². The molecule has 1 aromatic carbocycles. The van der Waals surface area contributed by atoms with Crippen molar-refractivity contribution in [2.75, 3.05) is 25.7 Å². The Morgan fingerprint density at radius 3 is 2.82 bits per heavy atom. The molecule has 0 radical (unpaired) electrons. The molecule has 3 rings (SSSR count). The fourth-order valence-corrected chi connectivity index (χ4v) is 3.93. The molecule has 2 unspecified atom stereocenters. The van der Waals surface area contributed by atoms with E-state index in [4.69, 9.17) is 9.47 Å². The van der Waals surface area contributed by atoms with Crippen molar-refractivity contribution in [1.29, 1.82) is 0 Å². The van der Waals surface area contributed by atoms with E-state index >= 15 is 0 Å². The number of aliphatic carboxylic acids is 1. The maximum Gasteiger partial charge on any atom is 0.303 e. The van der Waals surface area contributed by atoms with Crippen LogP contribution in [0.4, 0.5) is 5.69 Å². The highest BCUT2D eigenvalue weighted by molar-refractivity contribution is 5.72. The zero-order valence-corrected chi connectivity index (χ0v) is 13.2. The number of fused-ring (bicyclic) bond motifs is 3. The number of methoxy groups -OCH3 is 2. The largest absolute Gasteiger partial charge is 0.497 e. The molecule has 5 nitrogen and oxygen atoms in total. The van der Waals surface area contributed by atoms with Gasteiger partial charge in [-0.15, -0.1) is 0 Å². The van der Waals surface area contributed by atoms with Gasteiger partial charge in [-0.1, -0.05) is 0 Å². The number of anilines is 1. The number of carboxylic acids is 1. The molecule has 0 spiro atoms. The van der Waals surface area contributed by atoms with Gasteiger partial charge in [0, 0.05) is 41.9 Å². The van der Waals surface area contributed by atoms with Crippen molar-refractivity contribution in [2.45, 2.75) is 44.1 Å². The summed E-state index contributed by atoms with van der Waals surface area (Å²) in [6.45, 7) is 1.02. The molecule has 0 saturated carbocycles. The summed E-state index contributed by atoms with van der Waals surface area (Å²) in [5, 5.41) is 9.27. The molecule has 1 saturated heterocycles. The van der Waals surface area contributed by atoms with Crippen molar-refractivity contribution in [2.24, 2.45) is 0 Å². The fraction of sp³-hybridized carbons (Fsp3) is 0.588. The number of carbonyl (C=O) groups is 1. The van der Waals surface area contributed by atoms with Gasteiger partial charge in [-0.2, -0.15) is 0 Å². The summed E-state index contributed by atoms with van der Waals surface area (Å²) in [4.78, 5) is 13.7. The predicted octanol–water partition coefficient (Wildman–Crippen LogP) is 3.02. The van der Waals surface area contributed by atoms with Gasteiger partial charge in [0.2, 0.25) is 0 Å². The van der Waals surface area contributed by atoms with Crippen LogP contribution in [0.15, 0.2) is 12.1 Å². The van der Waals surface area contributed by atoms with Crippen molar-refractivity contribution in [1.82, 2.24) is 0 Å². The first-order valence-corrected chi connectivity index (χ1v) is 7.88. The van der Waals surface area contributed by atoms with Crippen molar-refractivity contribution in [3.8, 4) is 11.5 Å². The van der Waals surface area contributed by atoms with E-state index in [0.29, 0.717) is 6.04 Å². The van der Waals surface area contributed by atoms with E-state index in [2.05, 4.69) is 4.90 Å². The summed E-state index contributed by atoms with van der Waals surface area (Å²) in [6.07, 6.45) is 4.58. The van der Waals surface area contributed by atoms with Gasteiger partial charge in [-0.05, 0) is 25.7 Å². The SMILES string of the molecule is COc1cc(OC)c2c(c1)N1CCCCC1CC2CC(=O)O. The van der Waals surface area contributed by atoms with Crippen LogP contribution in [-0.2, 0) is 4.79 Å². The molecule has 1 N–H and O–H groups in total. The maximum absolute atomic E-state index is 11.3. The van der Waals surface area contributed by atoms with Gasteiger partial charge >= 0.3 is 5.97 Å². The van der Waals surface area contributed by atoms with Crippen LogP contribution in [0, 0.1) is 0 Å². The zero-order valence-electron chi connectivity index (χ0n) is 13.2. The minimum Gasteiger partial charge on any atom is -0.497 e. The van der Waals surface area contributed by atoms with E-state index in [1.807, 2.05) is 12.1 Å². The summed E-state index contributed by atoms with van der Waals surface area (Å²) < 4.78 is 10.9. The molecule has 2 aliphatic rings. The minimum absolute atomic E-state index is 0.00714. The first-order valence-electron chi connectivity index (χ1n) is 7.88. The highest BCUT2D eigenvalue weighted by atomic mass is 16.5. The summed E-state index contributed by atoms with van der Waals surface area (Å²) >= 11 is 0. The predicted molar refractivity (Wildman–Crippen MR) is 84.1 cm³/mol. The Morgan fingerprint density at radius 2 is 2.14 bits per heavy atom. The molecule has 22 heavy (non-hydrogen) atoms. The average molecular weight is 305 g/mol. The number of rotatable bonds is 4. The van der Waals surface area contributed by atoms with E-state index in [1.165, 1.54) is 12.8 Å². The topological polar surface area (TPSA) is 59.0 Å². The molecular weight excluding hydrogens is 282 g/mol. The Kier molecular flexibility index (Phi) is 4.14. The van der Waals surface area contributed by atoms with E-state index in [9.17, 15) is 9.90 Å². The van der Waals surface area contributed by atoms with Gasteiger partial charge in [-0.3, -0.25) is 4.79 Å². The van der Waals surface area contributed by atoms with Crippen LogP contribution in [0.5, 0.6) is 11.5 Å².